The van der Waals surface area contributed by atoms with E-state index in [2.05, 4.69) is 4.98 Å². The first-order valence-electron chi connectivity index (χ1n) is 8.03. The molecule has 1 aliphatic heterocycles. The molecule has 0 atom stereocenters. The number of hydrogen-bond acceptors (Lipinski definition) is 4. The molecule has 2 heterocycles. The number of methoxy groups -OCH3 is 2. The van der Waals surface area contributed by atoms with Crippen molar-refractivity contribution < 1.29 is 23.4 Å². The Hall–Kier alpha value is -3.28. The number of benzene rings is 2. The van der Waals surface area contributed by atoms with Gasteiger partial charge in [0, 0.05) is 28.3 Å². The first kappa shape index (κ1) is 16.2. The van der Waals surface area contributed by atoms with Crippen molar-refractivity contribution in [2.45, 2.75) is 6.61 Å². The quantitative estimate of drug-likeness (QED) is 0.718. The number of halogens is 1. The Kier molecular flexibility index (Phi) is 3.88. The summed E-state index contributed by atoms with van der Waals surface area (Å²) < 4.78 is 29.7. The van der Waals surface area contributed by atoms with Crippen LogP contribution in [-0.2, 0) is 11.3 Å². The number of hydrogen-bond donors (Lipinski definition) is 1. The summed E-state index contributed by atoms with van der Waals surface area (Å²) in [5, 5.41) is 0. The summed E-state index contributed by atoms with van der Waals surface area (Å²) in [4.78, 5) is 15.6. The van der Waals surface area contributed by atoms with Gasteiger partial charge >= 0.3 is 5.97 Å². The van der Waals surface area contributed by atoms with Crippen LogP contribution in [0.1, 0.15) is 16.1 Å². The number of aromatic amines is 1. The van der Waals surface area contributed by atoms with Gasteiger partial charge in [-0.15, -0.1) is 0 Å². The molecule has 0 unspecified atom stereocenters. The van der Waals surface area contributed by atoms with Gasteiger partial charge in [0.05, 0.1) is 19.9 Å². The topological polar surface area (TPSA) is 60.6 Å². The zero-order chi connectivity index (χ0) is 18.3. The zero-order valence-electron chi connectivity index (χ0n) is 14.3. The fourth-order valence-electron chi connectivity index (χ4n) is 3.29. The van der Waals surface area contributed by atoms with Crippen LogP contribution in [0.15, 0.2) is 42.5 Å². The first-order valence-corrected chi connectivity index (χ1v) is 8.03. The fourth-order valence-corrected chi connectivity index (χ4v) is 3.29. The van der Waals surface area contributed by atoms with Crippen molar-refractivity contribution in [3.8, 4) is 33.9 Å². The highest BCUT2D eigenvalue weighted by Crippen LogP contribution is 2.45. The second-order valence-corrected chi connectivity index (χ2v) is 5.85. The lowest BCUT2D eigenvalue weighted by molar-refractivity contribution is 0.0596. The Morgan fingerprint density at radius 1 is 1.15 bits per heavy atom. The minimum atomic E-state index is -0.516. The summed E-state index contributed by atoms with van der Waals surface area (Å²) in [6, 6.07) is 11.8. The molecule has 0 saturated carbocycles. The third kappa shape index (κ3) is 2.42. The van der Waals surface area contributed by atoms with Crippen molar-refractivity contribution >= 4 is 5.97 Å². The molecule has 3 aromatic rings. The highest BCUT2D eigenvalue weighted by molar-refractivity contribution is 6.00. The van der Waals surface area contributed by atoms with E-state index in [0.29, 0.717) is 16.9 Å². The average molecular weight is 353 g/mol. The van der Waals surface area contributed by atoms with E-state index in [4.69, 9.17) is 14.2 Å². The molecule has 5 nitrogen and oxygen atoms in total. The zero-order valence-corrected chi connectivity index (χ0v) is 14.3. The van der Waals surface area contributed by atoms with Crippen molar-refractivity contribution in [2.24, 2.45) is 0 Å². The van der Waals surface area contributed by atoms with Gasteiger partial charge in [0.2, 0.25) is 0 Å². The van der Waals surface area contributed by atoms with Gasteiger partial charge in [-0.05, 0) is 24.3 Å². The SMILES string of the molecule is COC(=O)c1[nH]c2c(c1-c1ccc(F)cc1OC)COc1ccccc1-2. The molecule has 2 aromatic carbocycles. The van der Waals surface area contributed by atoms with Crippen LogP contribution in [0, 0.1) is 5.82 Å². The summed E-state index contributed by atoms with van der Waals surface area (Å²) in [5.74, 6) is 0.126. The molecule has 6 heteroatoms. The minimum Gasteiger partial charge on any atom is -0.496 e. The lowest BCUT2D eigenvalue weighted by Crippen LogP contribution is -2.06. The van der Waals surface area contributed by atoms with Crippen LogP contribution in [0.4, 0.5) is 4.39 Å². The lowest BCUT2D eigenvalue weighted by Gasteiger charge is -2.19. The van der Waals surface area contributed by atoms with Gasteiger partial charge in [0.15, 0.2) is 0 Å². The molecule has 0 radical (unpaired) electrons. The predicted molar refractivity (Wildman–Crippen MR) is 93.8 cm³/mol. The molecule has 0 spiro atoms. The van der Waals surface area contributed by atoms with Gasteiger partial charge in [0.1, 0.15) is 29.6 Å². The molecule has 0 aliphatic carbocycles. The number of H-pyrrole nitrogens is 1. The van der Waals surface area contributed by atoms with Crippen LogP contribution in [0.2, 0.25) is 0 Å². The molecule has 0 fully saturated rings. The van der Waals surface area contributed by atoms with Crippen LogP contribution in [-0.4, -0.2) is 25.2 Å². The lowest BCUT2D eigenvalue weighted by atomic mass is 9.96. The van der Waals surface area contributed by atoms with Crippen molar-refractivity contribution in [3.05, 3.63) is 59.5 Å². The van der Waals surface area contributed by atoms with E-state index in [1.54, 1.807) is 6.07 Å². The maximum Gasteiger partial charge on any atom is 0.355 e. The van der Waals surface area contributed by atoms with E-state index < -0.39 is 11.8 Å². The molecule has 1 aliphatic rings. The summed E-state index contributed by atoms with van der Waals surface area (Å²) >= 11 is 0. The molecule has 0 saturated heterocycles. The maximum absolute atomic E-state index is 13.6. The Bertz CT molecular complexity index is 1010. The fraction of sp³-hybridized carbons (Fsp3) is 0.150. The Balaban J connectivity index is 2.02. The normalized spacial score (nSPS) is 12.0. The summed E-state index contributed by atoms with van der Waals surface area (Å²) in [5.41, 5.74) is 3.91. The van der Waals surface area contributed by atoms with Gasteiger partial charge in [-0.25, -0.2) is 9.18 Å². The number of carbonyl (C=O) groups excluding carboxylic acids is 1. The third-order valence-electron chi connectivity index (χ3n) is 4.45. The second kappa shape index (κ2) is 6.22. The van der Waals surface area contributed by atoms with E-state index >= 15 is 0 Å². The summed E-state index contributed by atoms with van der Waals surface area (Å²) in [7, 11) is 2.78. The number of esters is 1. The van der Waals surface area contributed by atoms with Crippen molar-refractivity contribution in [3.63, 3.8) is 0 Å². The van der Waals surface area contributed by atoms with Crippen LogP contribution < -0.4 is 9.47 Å². The van der Waals surface area contributed by atoms with E-state index in [1.807, 2.05) is 24.3 Å². The van der Waals surface area contributed by atoms with Gasteiger partial charge in [-0.3, -0.25) is 0 Å². The molecule has 132 valence electrons. The number of rotatable bonds is 3. The van der Waals surface area contributed by atoms with E-state index in [1.165, 1.54) is 26.4 Å². The second-order valence-electron chi connectivity index (χ2n) is 5.85. The molecular weight excluding hydrogens is 337 g/mol. The molecular formula is C20H16FNO4. The molecule has 0 bridgehead atoms. The summed E-state index contributed by atoms with van der Waals surface area (Å²) in [6.07, 6.45) is 0. The largest absolute Gasteiger partial charge is 0.496 e. The molecule has 26 heavy (non-hydrogen) atoms. The summed E-state index contributed by atoms with van der Waals surface area (Å²) in [6.45, 7) is 0.274. The maximum atomic E-state index is 13.6. The smallest absolute Gasteiger partial charge is 0.355 e. The minimum absolute atomic E-state index is 0.274. The van der Waals surface area contributed by atoms with Crippen molar-refractivity contribution in [2.75, 3.05) is 14.2 Å². The number of nitrogens with one attached hydrogen (secondary N) is 1. The van der Waals surface area contributed by atoms with Gasteiger partial charge in [-0.1, -0.05) is 12.1 Å². The standard InChI is InChI=1S/C20H16FNO4/c1-24-16-9-11(21)7-8-12(16)17-14-10-26-15-6-4-3-5-13(15)18(14)22-19(17)20(23)25-2/h3-9,22H,10H2,1-2H3. The molecule has 1 N–H and O–H groups in total. The van der Waals surface area contributed by atoms with Crippen LogP contribution in [0.3, 0.4) is 0 Å². The average Bonchev–Trinajstić information content (AvgIpc) is 3.07. The van der Waals surface area contributed by atoms with Gasteiger partial charge in [-0.2, -0.15) is 0 Å². The monoisotopic (exact) mass is 353 g/mol. The molecule has 4 rings (SSSR count). The first-order chi connectivity index (χ1) is 12.6. The van der Waals surface area contributed by atoms with E-state index in [0.717, 1.165) is 22.6 Å². The van der Waals surface area contributed by atoms with Crippen LogP contribution >= 0.6 is 0 Å². The van der Waals surface area contributed by atoms with Gasteiger partial charge in [0.25, 0.3) is 0 Å². The van der Waals surface area contributed by atoms with Crippen LogP contribution in [0.25, 0.3) is 22.4 Å². The Labute approximate surface area is 149 Å². The highest BCUT2D eigenvalue weighted by atomic mass is 19.1. The van der Waals surface area contributed by atoms with E-state index in [9.17, 15) is 9.18 Å². The highest BCUT2D eigenvalue weighted by Gasteiger charge is 2.30. The number of fused-ring (bicyclic) bond motifs is 3. The van der Waals surface area contributed by atoms with Crippen LogP contribution in [0.5, 0.6) is 11.5 Å². The Morgan fingerprint density at radius 2 is 1.96 bits per heavy atom. The Morgan fingerprint density at radius 3 is 2.73 bits per heavy atom. The number of carbonyl (C=O) groups is 1. The molecule has 1 aromatic heterocycles. The third-order valence-corrected chi connectivity index (χ3v) is 4.45. The van der Waals surface area contributed by atoms with Gasteiger partial charge < -0.3 is 19.2 Å². The van der Waals surface area contributed by atoms with E-state index in [-0.39, 0.29) is 12.3 Å². The number of aromatic nitrogens is 1. The number of para-hydroxylation sites is 1. The predicted octanol–water partition coefficient (Wildman–Crippen LogP) is 4.18. The van der Waals surface area contributed by atoms with Crippen molar-refractivity contribution in [1.29, 1.82) is 0 Å². The number of ether oxygens (including phenoxy) is 3. The molecule has 0 amide bonds. The van der Waals surface area contributed by atoms with Crippen molar-refractivity contribution in [1.82, 2.24) is 4.98 Å².